The highest BCUT2D eigenvalue weighted by atomic mass is 16.5. The third-order valence-electron chi connectivity index (χ3n) is 6.04. The minimum atomic E-state index is -0.0349. The lowest BCUT2D eigenvalue weighted by Gasteiger charge is -2.23. The molecule has 0 spiro atoms. The van der Waals surface area contributed by atoms with E-state index in [1.807, 2.05) is 30.3 Å². The Hall–Kier alpha value is -3.27. The molecule has 0 fully saturated rings. The second kappa shape index (κ2) is 12.4. The first kappa shape index (κ1) is 26.3. The summed E-state index contributed by atoms with van der Waals surface area (Å²) >= 11 is 0. The van der Waals surface area contributed by atoms with E-state index >= 15 is 0 Å². The number of methoxy groups -OCH3 is 1. The van der Waals surface area contributed by atoms with Gasteiger partial charge in [0.15, 0.2) is 0 Å². The van der Waals surface area contributed by atoms with E-state index in [0.29, 0.717) is 12.5 Å². The van der Waals surface area contributed by atoms with Gasteiger partial charge in [-0.05, 0) is 67.5 Å². The quantitative estimate of drug-likeness (QED) is 0.316. The van der Waals surface area contributed by atoms with Crippen molar-refractivity contribution in [3.63, 3.8) is 0 Å². The first-order valence-electron chi connectivity index (χ1n) is 12.6. The number of carbonyl (C=O) groups is 1. The van der Waals surface area contributed by atoms with Crippen LogP contribution in [0.4, 0.5) is 0 Å². The third kappa shape index (κ3) is 7.61. The largest absolute Gasteiger partial charge is 0.497 e. The van der Waals surface area contributed by atoms with Crippen LogP contribution >= 0.6 is 0 Å². The Labute approximate surface area is 210 Å². The van der Waals surface area contributed by atoms with E-state index in [2.05, 4.69) is 70.3 Å². The van der Waals surface area contributed by atoms with Crippen LogP contribution in [0.1, 0.15) is 77.8 Å². The molecule has 0 radical (unpaired) electrons. The van der Waals surface area contributed by atoms with E-state index < -0.39 is 0 Å². The number of carbonyl (C=O) groups excluding carboxylic acids is 1. The number of nitrogens with one attached hydrogen (secondary N) is 1. The summed E-state index contributed by atoms with van der Waals surface area (Å²) in [5, 5.41) is 3.35. The van der Waals surface area contributed by atoms with Gasteiger partial charge in [0.1, 0.15) is 18.1 Å². The molecule has 0 heterocycles. The molecule has 1 unspecified atom stereocenters. The molecule has 0 aromatic heterocycles. The topological polar surface area (TPSA) is 47.6 Å². The summed E-state index contributed by atoms with van der Waals surface area (Å²) < 4.78 is 11.3. The second-order valence-corrected chi connectivity index (χ2v) is 9.79. The average molecular weight is 474 g/mol. The van der Waals surface area contributed by atoms with Gasteiger partial charge < -0.3 is 14.8 Å². The molecule has 0 bridgehead atoms. The lowest BCUT2D eigenvalue weighted by atomic mass is 9.93. The summed E-state index contributed by atoms with van der Waals surface area (Å²) in [6, 6.07) is 20.2. The van der Waals surface area contributed by atoms with E-state index in [1.54, 1.807) is 7.11 Å². The van der Waals surface area contributed by atoms with Crippen molar-refractivity contribution in [2.75, 3.05) is 7.11 Å². The number of hydrogen-bond acceptors (Lipinski definition) is 3. The molecule has 4 heteroatoms. The van der Waals surface area contributed by atoms with Crippen LogP contribution in [-0.2, 0) is 13.0 Å². The van der Waals surface area contributed by atoms with Crippen LogP contribution < -0.4 is 14.8 Å². The number of hydrogen-bond donors (Lipinski definition) is 1. The van der Waals surface area contributed by atoms with Gasteiger partial charge in [-0.15, -0.1) is 0 Å². The van der Waals surface area contributed by atoms with Crippen molar-refractivity contribution in [3.05, 3.63) is 94.0 Å². The average Bonchev–Trinajstić information content (AvgIpc) is 2.82. The van der Waals surface area contributed by atoms with Gasteiger partial charge in [-0.2, -0.15) is 0 Å². The van der Waals surface area contributed by atoms with Gasteiger partial charge in [0, 0.05) is 11.6 Å². The first-order valence-corrected chi connectivity index (χ1v) is 12.6. The summed E-state index contributed by atoms with van der Waals surface area (Å²) in [5.74, 6) is 1.92. The van der Waals surface area contributed by atoms with Crippen LogP contribution in [0.25, 0.3) is 0 Å². The predicted octanol–water partition coefficient (Wildman–Crippen LogP) is 7.36. The molecule has 3 aromatic carbocycles. The summed E-state index contributed by atoms with van der Waals surface area (Å²) in [4.78, 5) is 13.6. The summed E-state index contributed by atoms with van der Waals surface area (Å²) in [5.41, 5.74) is 6.36. The van der Waals surface area contributed by atoms with E-state index in [1.165, 1.54) is 16.7 Å². The normalized spacial score (nSPS) is 11.9. The first-order chi connectivity index (χ1) is 16.8. The molecular formula is C31H39NO3. The van der Waals surface area contributed by atoms with Gasteiger partial charge in [0.25, 0.3) is 5.91 Å². The van der Waals surface area contributed by atoms with Crippen LogP contribution in [0, 0.1) is 19.8 Å². The van der Waals surface area contributed by atoms with Crippen LogP contribution in [0.5, 0.6) is 11.5 Å². The van der Waals surface area contributed by atoms with Crippen LogP contribution in [0.3, 0.4) is 0 Å². The Bertz CT molecular complexity index is 1120. The fourth-order valence-corrected chi connectivity index (χ4v) is 4.47. The highest BCUT2D eigenvalue weighted by Gasteiger charge is 2.20. The van der Waals surface area contributed by atoms with Gasteiger partial charge in [-0.3, -0.25) is 4.79 Å². The molecule has 3 aromatic rings. The van der Waals surface area contributed by atoms with E-state index in [9.17, 15) is 4.79 Å². The van der Waals surface area contributed by atoms with Gasteiger partial charge in [-0.25, -0.2) is 0 Å². The molecule has 0 saturated heterocycles. The van der Waals surface area contributed by atoms with E-state index in [0.717, 1.165) is 47.5 Å². The molecule has 4 nitrogen and oxygen atoms in total. The van der Waals surface area contributed by atoms with Crippen LogP contribution in [-0.4, -0.2) is 13.0 Å². The van der Waals surface area contributed by atoms with Crippen molar-refractivity contribution < 1.29 is 14.3 Å². The van der Waals surface area contributed by atoms with Crippen LogP contribution in [0.15, 0.2) is 60.7 Å². The monoisotopic (exact) mass is 473 g/mol. The molecule has 3 rings (SSSR count). The SMILES string of the molecule is CCCc1ccc(COc2cccc(OC)c2)cc1C(=O)NC(CC(C)C)c1cc(C)cc(C)c1. The molecule has 0 aliphatic carbocycles. The molecular weight excluding hydrogens is 434 g/mol. The Morgan fingerprint density at radius 1 is 0.943 bits per heavy atom. The molecule has 0 aliphatic heterocycles. The fourth-order valence-electron chi connectivity index (χ4n) is 4.47. The van der Waals surface area contributed by atoms with Gasteiger partial charge >= 0.3 is 0 Å². The summed E-state index contributed by atoms with van der Waals surface area (Å²) in [6.07, 6.45) is 2.72. The predicted molar refractivity (Wildman–Crippen MR) is 143 cm³/mol. The van der Waals surface area contributed by atoms with Crippen molar-refractivity contribution in [1.82, 2.24) is 5.32 Å². The van der Waals surface area contributed by atoms with Crippen molar-refractivity contribution in [2.45, 2.75) is 66.5 Å². The Morgan fingerprint density at radius 2 is 1.66 bits per heavy atom. The Kier molecular flexibility index (Phi) is 9.36. The minimum absolute atomic E-state index is 0.0264. The molecule has 0 saturated carbocycles. The lowest BCUT2D eigenvalue weighted by molar-refractivity contribution is 0.0930. The molecule has 35 heavy (non-hydrogen) atoms. The number of rotatable bonds is 11. The fraction of sp³-hybridized carbons (Fsp3) is 0.387. The number of aryl methyl sites for hydroxylation is 3. The highest BCUT2D eigenvalue weighted by Crippen LogP contribution is 2.26. The van der Waals surface area contributed by atoms with Crippen molar-refractivity contribution in [3.8, 4) is 11.5 Å². The standard InChI is InChI=1S/C31H39NO3/c1-7-9-25-13-12-24(20-35-28-11-8-10-27(19-28)34-6)18-29(25)31(33)32-30(14-21(2)3)26-16-22(4)15-23(5)17-26/h8,10-13,15-19,21,30H,7,9,14,20H2,1-6H3,(H,32,33). The van der Waals surface area contributed by atoms with Gasteiger partial charge in [0.2, 0.25) is 0 Å². The number of amides is 1. The minimum Gasteiger partial charge on any atom is -0.497 e. The smallest absolute Gasteiger partial charge is 0.252 e. The second-order valence-electron chi connectivity index (χ2n) is 9.79. The van der Waals surface area contributed by atoms with Crippen LogP contribution in [0.2, 0.25) is 0 Å². The maximum absolute atomic E-state index is 13.6. The number of ether oxygens (including phenoxy) is 2. The maximum atomic E-state index is 13.6. The van der Waals surface area contributed by atoms with Crippen molar-refractivity contribution >= 4 is 5.91 Å². The molecule has 1 N–H and O–H groups in total. The summed E-state index contributed by atoms with van der Waals surface area (Å²) in [7, 11) is 1.64. The Balaban J connectivity index is 1.84. The molecule has 186 valence electrons. The van der Waals surface area contributed by atoms with E-state index in [-0.39, 0.29) is 11.9 Å². The molecule has 1 amide bonds. The van der Waals surface area contributed by atoms with Gasteiger partial charge in [-0.1, -0.05) is 74.7 Å². The zero-order valence-corrected chi connectivity index (χ0v) is 22.0. The number of benzene rings is 3. The maximum Gasteiger partial charge on any atom is 0.252 e. The van der Waals surface area contributed by atoms with Crippen molar-refractivity contribution in [1.29, 1.82) is 0 Å². The molecule has 0 aliphatic rings. The molecule has 1 atom stereocenters. The third-order valence-corrected chi connectivity index (χ3v) is 6.04. The zero-order chi connectivity index (χ0) is 25.4. The van der Waals surface area contributed by atoms with Crippen molar-refractivity contribution in [2.24, 2.45) is 5.92 Å². The zero-order valence-electron chi connectivity index (χ0n) is 22.0. The summed E-state index contributed by atoms with van der Waals surface area (Å²) in [6.45, 7) is 11.1. The lowest BCUT2D eigenvalue weighted by Crippen LogP contribution is -2.30. The van der Waals surface area contributed by atoms with Gasteiger partial charge in [0.05, 0.1) is 13.2 Å². The highest BCUT2D eigenvalue weighted by molar-refractivity contribution is 5.96. The van der Waals surface area contributed by atoms with E-state index in [4.69, 9.17) is 9.47 Å². The Morgan fingerprint density at radius 3 is 2.31 bits per heavy atom.